The molecule has 0 saturated carbocycles. The Morgan fingerprint density at radius 3 is 2.57 bits per heavy atom. The summed E-state index contributed by atoms with van der Waals surface area (Å²) in [5.41, 5.74) is 3.56. The molecule has 0 spiro atoms. The van der Waals surface area contributed by atoms with Crippen molar-refractivity contribution in [2.45, 2.75) is 39.7 Å². The third-order valence-corrected chi connectivity index (χ3v) is 7.52. The molecule has 8 nitrogen and oxygen atoms in total. The predicted octanol–water partition coefficient (Wildman–Crippen LogP) is 5.15. The Labute approximate surface area is 216 Å². The van der Waals surface area contributed by atoms with E-state index < -0.39 is 15.9 Å². The summed E-state index contributed by atoms with van der Waals surface area (Å²) in [6.07, 6.45) is 2.60. The van der Waals surface area contributed by atoms with Crippen LogP contribution in [0.2, 0.25) is 0 Å². The Kier molecular flexibility index (Phi) is 6.68. The summed E-state index contributed by atoms with van der Waals surface area (Å²) >= 11 is 0. The maximum atomic E-state index is 13.3. The maximum Gasteiger partial charge on any atom is 0.265 e. The molecule has 1 atom stereocenters. The fraction of sp³-hybridized carbons (Fsp3) is 0.357. The number of carbonyl (C=O) groups is 1. The second kappa shape index (κ2) is 9.79. The molecule has 37 heavy (non-hydrogen) atoms. The van der Waals surface area contributed by atoms with Gasteiger partial charge in [0, 0.05) is 24.2 Å². The van der Waals surface area contributed by atoms with Crippen LogP contribution >= 0.6 is 0 Å². The van der Waals surface area contributed by atoms with Gasteiger partial charge in [-0.05, 0) is 63.3 Å². The summed E-state index contributed by atoms with van der Waals surface area (Å²) < 4.78 is 44.1. The van der Waals surface area contributed by atoms with Gasteiger partial charge in [-0.1, -0.05) is 24.3 Å². The lowest BCUT2D eigenvalue weighted by atomic mass is 9.94. The van der Waals surface area contributed by atoms with Gasteiger partial charge >= 0.3 is 0 Å². The largest absolute Gasteiger partial charge is 0.490 e. The number of aryl methyl sites for hydroxylation is 2. The van der Waals surface area contributed by atoms with E-state index in [0.717, 1.165) is 35.6 Å². The number of benzene rings is 2. The van der Waals surface area contributed by atoms with Crippen LogP contribution in [0.1, 0.15) is 41.3 Å². The molecule has 194 valence electrons. The summed E-state index contributed by atoms with van der Waals surface area (Å²) in [5, 5.41) is 1.42. The minimum absolute atomic E-state index is 0.127. The van der Waals surface area contributed by atoms with E-state index in [2.05, 4.69) is 4.72 Å². The summed E-state index contributed by atoms with van der Waals surface area (Å²) in [6, 6.07) is 13.0. The van der Waals surface area contributed by atoms with E-state index in [9.17, 15) is 13.2 Å². The molecule has 1 fully saturated rings. The second-order valence-corrected chi connectivity index (χ2v) is 11.4. The van der Waals surface area contributed by atoms with Gasteiger partial charge in [-0.25, -0.2) is 18.1 Å². The van der Waals surface area contributed by atoms with Gasteiger partial charge in [0.25, 0.3) is 5.91 Å². The molecule has 1 amide bonds. The molecular formula is C28H30N2O6S. The highest BCUT2D eigenvalue weighted by Crippen LogP contribution is 2.38. The molecule has 1 aliphatic rings. The molecule has 1 unspecified atom stereocenters. The number of fused-ring (bicyclic) bond motifs is 2. The summed E-state index contributed by atoms with van der Waals surface area (Å²) in [7, 11) is -3.81. The fourth-order valence-electron chi connectivity index (χ4n) is 4.96. The third-order valence-electron chi connectivity index (χ3n) is 6.97. The van der Waals surface area contributed by atoms with E-state index in [0.29, 0.717) is 52.8 Å². The number of nitrogens with one attached hydrogen (secondary N) is 1. The first-order valence-electron chi connectivity index (χ1n) is 12.3. The van der Waals surface area contributed by atoms with E-state index in [1.165, 1.54) is 0 Å². The average Bonchev–Trinajstić information content (AvgIpc) is 3.21. The lowest BCUT2D eigenvalue weighted by Gasteiger charge is -2.29. The van der Waals surface area contributed by atoms with Crippen molar-refractivity contribution in [2.24, 2.45) is 5.92 Å². The van der Waals surface area contributed by atoms with Crippen LogP contribution in [-0.4, -0.2) is 44.9 Å². The van der Waals surface area contributed by atoms with Gasteiger partial charge < -0.3 is 13.9 Å². The van der Waals surface area contributed by atoms with Gasteiger partial charge in [0.05, 0.1) is 28.8 Å². The van der Waals surface area contributed by atoms with Crippen molar-refractivity contribution in [1.82, 2.24) is 9.71 Å². The van der Waals surface area contributed by atoms with Gasteiger partial charge in [-0.15, -0.1) is 0 Å². The molecular weight excluding hydrogens is 492 g/mol. The molecule has 1 N–H and O–H groups in total. The number of para-hydroxylation sites is 1. The molecule has 2 aromatic carbocycles. The zero-order valence-electron chi connectivity index (χ0n) is 21.3. The van der Waals surface area contributed by atoms with E-state index in [1.807, 2.05) is 57.2 Å². The van der Waals surface area contributed by atoms with Crippen LogP contribution in [-0.2, 0) is 14.8 Å². The van der Waals surface area contributed by atoms with Crippen molar-refractivity contribution in [3.8, 4) is 17.2 Å². The first-order chi connectivity index (χ1) is 17.6. The Morgan fingerprint density at radius 2 is 1.86 bits per heavy atom. The van der Waals surface area contributed by atoms with Crippen molar-refractivity contribution < 1.29 is 27.1 Å². The van der Waals surface area contributed by atoms with E-state index >= 15 is 0 Å². The smallest absolute Gasteiger partial charge is 0.265 e. The molecule has 5 rings (SSSR count). The van der Waals surface area contributed by atoms with Crippen LogP contribution in [0.4, 0.5) is 0 Å². The van der Waals surface area contributed by atoms with E-state index in [4.69, 9.17) is 18.9 Å². The second-order valence-electron chi connectivity index (χ2n) is 9.69. The van der Waals surface area contributed by atoms with E-state index in [-0.39, 0.29) is 11.7 Å². The monoisotopic (exact) mass is 522 g/mol. The molecule has 1 aliphatic heterocycles. The van der Waals surface area contributed by atoms with Crippen LogP contribution in [0.3, 0.4) is 0 Å². The number of aromatic nitrogens is 1. The molecule has 2 aromatic heterocycles. The number of ether oxygens (including phenoxy) is 2. The van der Waals surface area contributed by atoms with Gasteiger partial charge in [0.15, 0.2) is 5.76 Å². The Bertz CT molecular complexity index is 1600. The number of sulfonamides is 1. The minimum atomic E-state index is -3.81. The predicted molar refractivity (Wildman–Crippen MR) is 142 cm³/mol. The van der Waals surface area contributed by atoms with Crippen molar-refractivity contribution in [3.05, 3.63) is 59.2 Å². The molecule has 9 heteroatoms. The zero-order chi connectivity index (χ0) is 26.3. The maximum absolute atomic E-state index is 13.3. The molecule has 0 aliphatic carbocycles. The number of hydrogen-bond donors (Lipinski definition) is 1. The number of hydrogen-bond acceptors (Lipinski definition) is 7. The van der Waals surface area contributed by atoms with Crippen LogP contribution in [0.5, 0.6) is 5.75 Å². The summed E-state index contributed by atoms with van der Waals surface area (Å²) in [4.78, 5) is 18.2. The fourth-order valence-corrected chi connectivity index (χ4v) is 5.41. The lowest BCUT2D eigenvalue weighted by Crippen LogP contribution is -2.30. The van der Waals surface area contributed by atoms with Crippen molar-refractivity contribution in [1.29, 1.82) is 0 Å². The summed E-state index contributed by atoms with van der Waals surface area (Å²) in [6.45, 7) is 7.23. The number of furan rings is 1. The highest BCUT2D eigenvalue weighted by atomic mass is 32.2. The molecule has 3 heterocycles. The quantitative estimate of drug-likeness (QED) is 0.373. The average molecular weight is 523 g/mol. The van der Waals surface area contributed by atoms with Crippen LogP contribution in [0.15, 0.2) is 46.9 Å². The topological polar surface area (TPSA) is 108 Å². The number of rotatable bonds is 6. The SMILES string of the molecule is Cc1c(-c2cc(C(=O)NS(C)(=O)=O)c3c(OC(C)C4CCOCC4)ccc(C)c3n2)oc2ccccc12. The number of carbonyl (C=O) groups excluding carboxylic acids is 1. The zero-order valence-corrected chi connectivity index (χ0v) is 22.1. The van der Waals surface area contributed by atoms with Crippen LogP contribution in [0, 0.1) is 19.8 Å². The van der Waals surface area contributed by atoms with Crippen molar-refractivity contribution >= 4 is 37.8 Å². The van der Waals surface area contributed by atoms with Crippen LogP contribution < -0.4 is 9.46 Å². The van der Waals surface area contributed by atoms with Crippen molar-refractivity contribution in [2.75, 3.05) is 19.5 Å². The number of nitrogens with zero attached hydrogens (tertiary/aromatic N) is 1. The van der Waals surface area contributed by atoms with E-state index in [1.54, 1.807) is 6.07 Å². The highest BCUT2D eigenvalue weighted by molar-refractivity contribution is 7.89. The van der Waals surface area contributed by atoms with Gasteiger partial charge in [0.1, 0.15) is 17.0 Å². The third kappa shape index (κ3) is 5.06. The minimum Gasteiger partial charge on any atom is -0.490 e. The Morgan fingerprint density at radius 1 is 1.14 bits per heavy atom. The molecule has 1 saturated heterocycles. The van der Waals surface area contributed by atoms with Gasteiger partial charge in [-0.3, -0.25) is 4.79 Å². The highest BCUT2D eigenvalue weighted by Gasteiger charge is 2.26. The standard InChI is InChI=1S/C28H30N2O6S/c1-16-9-10-24(35-18(3)19-11-13-34-14-12-19)25-21(28(31)30-37(4,32)33)15-22(29-26(16)25)27-17(2)20-7-5-6-8-23(20)36-27/h5-10,15,18-19H,11-14H2,1-4H3,(H,30,31). The Hall–Kier alpha value is -3.43. The van der Waals surface area contributed by atoms with Crippen LogP contribution in [0.25, 0.3) is 33.3 Å². The molecule has 0 radical (unpaired) electrons. The molecule has 0 bridgehead atoms. The summed E-state index contributed by atoms with van der Waals surface area (Å²) in [5.74, 6) is 0.569. The number of amides is 1. The van der Waals surface area contributed by atoms with Crippen molar-refractivity contribution in [3.63, 3.8) is 0 Å². The molecule has 4 aromatic rings. The lowest BCUT2D eigenvalue weighted by molar-refractivity contribution is 0.0243. The first kappa shape index (κ1) is 25.2. The van der Waals surface area contributed by atoms with Gasteiger partial charge in [-0.2, -0.15) is 0 Å². The van der Waals surface area contributed by atoms with Gasteiger partial charge in [0.2, 0.25) is 10.0 Å². The number of pyridine rings is 1. The first-order valence-corrected chi connectivity index (χ1v) is 14.2. The normalized spacial score (nSPS) is 15.7. The Balaban J connectivity index is 1.70.